The zero-order chi connectivity index (χ0) is 43.6. The maximum absolute atomic E-state index is 5.06. The Morgan fingerprint density at radius 2 is 0.652 bits per heavy atom. The van der Waals surface area contributed by atoms with E-state index in [4.69, 9.17) is 9.97 Å². The second-order valence-electron chi connectivity index (χ2n) is 17.0. The van der Waals surface area contributed by atoms with Gasteiger partial charge < -0.3 is 9.80 Å². The average Bonchev–Trinajstić information content (AvgIpc) is 3.38. The van der Waals surface area contributed by atoms with E-state index in [1.54, 1.807) is 0 Å². The molecule has 66 heavy (non-hydrogen) atoms. The van der Waals surface area contributed by atoms with Crippen LogP contribution in [0, 0.1) is 0 Å². The molecular formula is C62H40N4. The molecule has 0 saturated heterocycles. The summed E-state index contributed by atoms with van der Waals surface area (Å²) in [7, 11) is 0. The van der Waals surface area contributed by atoms with Gasteiger partial charge in [0.1, 0.15) is 0 Å². The molecule has 0 N–H and O–H groups in total. The van der Waals surface area contributed by atoms with Gasteiger partial charge in [-0.05, 0) is 162 Å². The largest absolute Gasteiger partial charge is 0.310 e. The first-order chi connectivity index (χ1) is 32.7. The lowest BCUT2D eigenvalue weighted by molar-refractivity contribution is 1.29. The van der Waals surface area contributed by atoms with Gasteiger partial charge in [-0.2, -0.15) is 0 Å². The minimum atomic E-state index is 0.911. The fourth-order valence-electron chi connectivity index (χ4n) is 10.3. The number of benzene rings is 11. The lowest BCUT2D eigenvalue weighted by atomic mass is 9.87. The normalized spacial score (nSPS) is 11.6. The molecule has 0 bridgehead atoms. The third kappa shape index (κ3) is 6.22. The van der Waals surface area contributed by atoms with E-state index in [-0.39, 0.29) is 0 Å². The number of aromatic nitrogens is 2. The molecule has 13 aromatic rings. The molecule has 2 heterocycles. The molecule has 2 aromatic heterocycles. The molecule has 0 spiro atoms. The van der Waals surface area contributed by atoms with E-state index in [9.17, 15) is 0 Å². The van der Waals surface area contributed by atoms with Crippen molar-refractivity contribution in [2.45, 2.75) is 0 Å². The van der Waals surface area contributed by atoms with Crippen LogP contribution < -0.4 is 9.80 Å². The first-order valence-electron chi connectivity index (χ1n) is 22.5. The highest BCUT2D eigenvalue weighted by Gasteiger charge is 2.23. The molecule has 0 radical (unpaired) electrons. The summed E-state index contributed by atoms with van der Waals surface area (Å²) in [6, 6.07) is 83.2. The highest BCUT2D eigenvalue weighted by molar-refractivity contribution is 6.25. The van der Waals surface area contributed by atoms with E-state index in [1.807, 2.05) is 24.5 Å². The first kappa shape index (κ1) is 37.7. The summed E-state index contributed by atoms with van der Waals surface area (Å²) in [4.78, 5) is 14.9. The Morgan fingerprint density at radius 1 is 0.242 bits per heavy atom. The lowest BCUT2D eigenvalue weighted by Gasteiger charge is -2.28. The topological polar surface area (TPSA) is 32.3 Å². The van der Waals surface area contributed by atoms with Crippen LogP contribution in [0.1, 0.15) is 0 Å². The van der Waals surface area contributed by atoms with Crippen LogP contribution in [0.5, 0.6) is 0 Å². The Hall–Kier alpha value is -8.86. The number of para-hydroxylation sites is 2. The Kier molecular flexibility index (Phi) is 8.81. The van der Waals surface area contributed by atoms with Crippen LogP contribution in [0.15, 0.2) is 243 Å². The predicted octanol–water partition coefficient (Wildman–Crippen LogP) is 17.1. The third-order valence-corrected chi connectivity index (χ3v) is 13.2. The quantitative estimate of drug-likeness (QED) is 0.113. The summed E-state index contributed by atoms with van der Waals surface area (Å²) in [5.41, 5.74) is 10.4. The van der Waals surface area contributed by atoms with Crippen molar-refractivity contribution < 1.29 is 0 Å². The summed E-state index contributed by atoms with van der Waals surface area (Å²) in [6.45, 7) is 0. The number of nitrogens with zero attached hydrogens (tertiary/aromatic N) is 4. The first-order valence-corrected chi connectivity index (χ1v) is 22.5. The summed E-state index contributed by atoms with van der Waals surface area (Å²) in [6.07, 6.45) is 3.79. The van der Waals surface area contributed by atoms with Gasteiger partial charge in [0.25, 0.3) is 0 Å². The molecule has 0 amide bonds. The Morgan fingerprint density at radius 3 is 1.20 bits per heavy atom. The average molecular weight is 841 g/mol. The van der Waals surface area contributed by atoms with E-state index in [1.165, 1.54) is 43.1 Å². The fraction of sp³-hybridized carbons (Fsp3) is 0. The van der Waals surface area contributed by atoms with Crippen molar-refractivity contribution in [3.05, 3.63) is 243 Å². The van der Waals surface area contributed by atoms with Crippen molar-refractivity contribution in [2.24, 2.45) is 0 Å². The van der Waals surface area contributed by atoms with E-state index in [0.717, 1.165) is 78.2 Å². The molecule has 0 aliphatic heterocycles. The van der Waals surface area contributed by atoms with Gasteiger partial charge in [0, 0.05) is 57.6 Å². The van der Waals surface area contributed by atoms with Gasteiger partial charge >= 0.3 is 0 Å². The number of fused-ring (bicyclic) bond motifs is 3. The maximum Gasteiger partial charge on any atom is 0.0714 e. The molecule has 0 fully saturated rings. The molecule has 4 nitrogen and oxygen atoms in total. The second kappa shape index (κ2) is 15.4. The van der Waals surface area contributed by atoms with Crippen LogP contribution in [0.3, 0.4) is 0 Å². The number of hydrogen-bond acceptors (Lipinski definition) is 4. The van der Waals surface area contributed by atoms with E-state index >= 15 is 0 Å². The van der Waals surface area contributed by atoms with E-state index < -0.39 is 0 Å². The van der Waals surface area contributed by atoms with Crippen LogP contribution in [0.2, 0.25) is 0 Å². The van der Waals surface area contributed by atoms with Gasteiger partial charge in [-0.1, -0.05) is 133 Å². The molecule has 11 aromatic carbocycles. The standard InChI is InChI=1S/C62H40N4/c1-3-18-47(19-4-1)65(49-29-28-41-14-7-8-15-44(41)36-49)50-30-32-53-55(39-50)61(57-22-9-11-34-63-57)54-33-31-51(40-56(54)62(53)58-23-10-12-35-64-58)66(48-20-5-2-6-21-48)52-37-45-26-24-42-16-13-17-43-25-27-46(38-52)60(45)59(42)43/h1-40H. The van der Waals surface area contributed by atoms with Crippen molar-refractivity contribution in [3.8, 4) is 22.5 Å². The van der Waals surface area contributed by atoms with E-state index in [0.29, 0.717) is 0 Å². The molecule has 308 valence electrons. The third-order valence-electron chi connectivity index (χ3n) is 13.2. The highest BCUT2D eigenvalue weighted by atomic mass is 15.1. The van der Waals surface area contributed by atoms with Crippen molar-refractivity contribution in [1.82, 2.24) is 9.97 Å². The summed E-state index contributed by atoms with van der Waals surface area (Å²) in [5, 5.41) is 14.4. The maximum atomic E-state index is 5.06. The summed E-state index contributed by atoms with van der Waals surface area (Å²) < 4.78 is 0. The predicted molar refractivity (Wildman–Crippen MR) is 278 cm³/mol. The Bertz CT molecular complexity index is 3870. The molecule has 4 heteroatoms. The van der Waals surface area contributed by atoms with Gasteiger partial charge in [0.05, 0.1) is 11.4 Å². The van der Waals surface area contributed by atoms with Crippen molar-refractivity contribution >= 4 is 98.8 Å². The summed E-state index contributed by atoms with van der Waals surface area (Å²) >= 11 is 0. The van der Waals surface area contributed by atoms with Crippen LogP contribution in [-0.4, -0.2) is 9.97 Å². The lowest BCUT2D eigenvalue weighted by Crippen LogP contribution is -2.10. The van der Waals surface area contributed by atoms with Crippen molar-refractivity contribution in [1.29, 1.82) is 0 Å². The molecular weight excluding hydrogens is 801 g/mol. The van der Waals surface area contributed by atoms with Gasteiger partial charge in [0.15, 0.2) is 0 Å². The molecule has 13 rings (SSSR count). The van der Waals surface area contributed by atoms with Crippen LogP contribution >= 0.6 is 0 Å². The van der Waals surface area contributed by atoms with Gasteiger partial charge in [-0.25, -0.2) is 0 Å². The molecule has 0 saturated carbocycles. The number of rotatable bonds is 8. The van der Waals surface area contributed by atoms with Crippen LogP contribution in [0.4, 0.5) is 34.1 Å². The number of pyridine rings is 2. The molecule has 0 aliphatic rings. The minimum Gasteiger partial charge on any atom is -0.310 e. The van der Waals surface area contributed by atoms with E-state index in [2.05, 4.69) is 228 Å². The zero-order valence-corrected chi connectivity index (χ0v) is 35.9. The van der Waals surface area contributed by atoms with Crippen LogP contribution in [-0.2, 0) is 0 Å². The smallest absolute Gasteiger partial charge is 0.0714 e. The van der Waals surface area contributed by atoms with Crippen molar-refractivity contribution in [2.75, 3.05) is 9.80 Å². The fourth-order valence-corrected chi connectivity index (χ4v) is 10.3. The van der Waals surface area contributed by atoms with Gasteiger partial charge in [-0.3, -0.25) is 9.97 Å². The molecule has 0 atom stereocenters. The monoisotopic (exact) mass is 840 g/mol. The molecule has 0 aliphatic carbocycles. The van der Waals surface area contributed by atoms with Crippen LogP contribution in [0.25, 0.3) is 87.1 Å². The Labute approximate surface area is 382 Å². The minimum absolute atomic E-state index is 0.911. The Balaban J connectivity index is 1.08. The van der Waals surface area contributed by atoms with Crippen molar-refractivity contribution in [3.63, 3.8) is 0 Å². The summed E-state index contributed by atoms with van der Waals surface area (Å²) in [5.74, 6) is 0. The second-order valence-corrected chi connectivity index (χ2v) is 17.0. The highest BCUT2D eigenvalue weighted by Crippen LogP contribution is 2.48. The number of hydrogen-bond donors (Lipinski definition) is 0. The molecule has 0 unspecified atom stereocenters. The number of anilines is 6. The SMILES string of the molecule is c1ccc(N(c2ccc3ccccc3c2)c2ccc3c(-c4ccccn4)c4cc(N(c5ccccc5)c5cc6ccc7cccc8ccc(c5)c6c78)ccc4c(-c4ccccn4)c3c2)cc1. The van der Waals surface area contributed by atoms with Gasteiger partial charge in [0.2, 0.25) is 0 Å². The van der Waals surface area contributed by atoms with Gasteiger partial charge in [-0.15, -0.1) is 0 Å². The zero-order valence-electron chi connectivity index (χ0n) is 35.9.